The second-order valence-corrected chi connectivity index (χ2v) is 5.67. The van der Waals surface area contributed by atoms with Crippen molar-refractivity contribution in [2.75, 3.05) is 7.05 Å². The number of rotatable bonds is 4. The fraction of sp³-hybridized carbons (Fsp3) is 0.143. The SMILES string of the molecule is CNCc1ccc(Oc2cc(Cl)ccc2Cl)c(Br)c1. The van der Waals surface area contributed by atoms with Crippen LogP contribution in [0.2, 0.25) is 10.0 Å². The third kappa shape index (κ3) is 3.86. The van der Waals surface area contributed by atoms with Crippen molar-refractivity contribution in [1.82, 2.24) is 5.32 Å². The molecular weight excluding hydrogens is 349 g/mol. The Morgan fingerprint density at radius 2 is 1.89 bits per heavy atom. The van der Waals surface area contributed by atoms with E-state index in [0.29, 0.717) is 21.5 Å². The molecule has 2 nitrogen and oxygen atoms in total. The molecule has 0 fully saturated rings. The Bertz CT molecular complexity index is 590. The number of benzene rings is 2. The molecule has 0 aromatic heterocycles. The molecule has 2 aromatic carbocycles. The van der Waals surface area contributed by atoms with Crippen molar-refractivity contribution < 1.29 is 4.74 Å². The van der Waals surface area contributed by atoms with Gasteiger partial charge in [-0.2, -0.15) is 0 Å². The molecule has 0 spiro atoms. The lowest BCUT2D eigenvalue weighted by atomic mass is 10.2. The van der Waals surface area contributed by atoms with Crippen LogP contribution in [-0.2, 0) is 6.54 Å². The van der Waals surface area contributed by atoms with Crippen molar-refractivity contribution in [3.63, 3.8) is 0 Å². The zero-order valence-electron chi connectivity index (χ0n) is 10.2. The normalized spacial score (nSPS) is 10.5. The first-order valence-corrected chi connectivity index (χ1v) is 7.21. The van der Waals surface area contributed by atoms with Crippen LogP contribution in [0.1, 0.15) is 5.56 Å². The number of nitrogens with one attached hydrogen (secondary N) is 1. The highest BCUT2D eigenvalue weighted by Gasteiger charge is 2.08. The summed E-state index contributed by atoms with van der Waals surface area (Å²) in [6.45, 7) is 0.802. The Kier molecular flexibility index (Phi) is 5.11. The van der Waals surface area contributed by atoms with Crippen molar-refractivity contribution >= 4 is 39.1 Å². The lowest BCUT2D eigenvalue weighted by molar-refractivity contribution is 0.479. The number of halogens is 3. The molecular formula is C14H12BrCl2NO. The zero-order chi connectivity index (χ0) is 13.8. The minimum Gasteiger partial charge on any atom is -0.455 e. The van der Waals surface area contributed by atoms with Crippen LogP contribution in [0.15, 0.2) is 40.9 Å². The molecule has 0 unspecified atom stereocenters. The second kappa shape index (κ2) is 6.62. The standard InChI is InChI=1S/C14H12BrCl2NO/c1-18-8-9-2-5-13(11(15)6-9)19-14-7-10(16)3-4-12(14)17/h2-7,18H,8H2,1H3. The summed E-state index contributed by atoms with van der Waals surface area (Å²) in [7, 11) is 1.91. The van der Waals surface area contributed by atoms with Gasteiger partial charge in [-0.3, -0.25) is 0 Å². The van der Waals surface area contributed by atoms with Gasteiger partial charge in [0.15, 0.2) is 0 Å². The average Bonchev–Trinajstić information content (AvgIpc) is 2.37. The van der Waals surface area contributed by atoms with Gasteiger partial charge in [0.1, 0.15) is 11.5 Å². The maximum Gasteiger partial charge on any atom is 0.147 e. The molecule has 0 heterocycles. The summed E-state index contributed by atoms with van der Waals surface area (Å²) in [5, 5.41) is 4.21. The van der Waals surface area contributed by atoms with E-state index in [1.165, 1.54) is 5.56 Å². The lowest BCUT2D eigenvalue weighted by Crippen LogP contribution is -2.04. The van der Waals surface area contributed by atoms with Gasteiger partial charge in [0.2, 0.25) is 0 Å². The van der Waals surface area contributed by atoms with Gasteiger partial charge in [-0.05, 0) is 52.8 Å². The highest BCUT2D eigenvalue weighted by molar-refractivity contribution is 9.10. The fourth-order valence-electron chi connectivity index (χ4n) is 1.62. The molecule has 0 saturated heterocycles. The van der Waals surface area contributed by atoms with Gasteiger partial charge in [0, 0.05) is 17.6 Å². The largest absolute Gasteiger partial charge is 0.455 e. The van der Waals surface area contributed by atoms with Crippen molar-refractivity contribution in [3.05, 3.63) is 56.5 Å². The first kappa shape index (κ1) is 14.7. The van der Waals surface area contributed by atoms with Crippen LogP contribution in [0.3, 0.4) is 0 Å². The molecule has 0 aliphatic heterocycles. The maximum atomic E-state index is 6.07. The Balaban J connectivity index is 2.25. The number of ether oxygens (including phenoxy) is 1. The average molecular weight is 361 g/mol. The second-order valence-electron chi connectivity index (χ2n) is 3.97. The minimum absolute atomic E-state index is 0.524. The predicted molar refractivity (Wildman–Crippen MR) is 83.4 cm³/mol. The highest BCUT2D eigenvalue weighted by Crippen LogP contribution is 2.35. The topological polar surface area (TPSA) is 21.3 Å². The van der Waals surface area contributed by atoms with E-state index in [9.17, 15) is 0 Å². The summed E-state index contributed by atoms with van der Waals surface area (Å²) in [5.74, 6) is 1.24. The van der Waals surface area contributed by atoms with E-state index >= 15 is 0 Å². The fourth-order valence-corrected chi connectivity index (χ4v) is 2.44. The Morgan fingerprint density at radius 1 is 1.11 bits per heavy atom. The van der Waals surface area contributed by atoms with Crippen molar-refractivity contribution in [2.45, 2.75) is 6.54 Å². The van der Waals surface area contributed by atoms with Gasteiger partial charge in [-0.1, -0.05) is 29.3 Å². The van der Waals surface area contributed by atoms with Gasteiger partial charge < -0.3 is 10.1 Å². The van der Waals surface area contributed by atoms with Crippen LogP contribution >= 0.6 is 39.1 Å². The van der Waals surface area contributed by atoms with Gasteiger partial charge in [0.05, 0.1) is 9.50 Å². The molecule has 0 aliphatic carbocycles. The molecule has 0 amide bonds. The van der Waals surface area contributed by atoms with Crippen LogP contribution in [0.5, 0.6) is 11.5 Å². The highest BCUT2D eigenvalue weighted by atomic mass is 79.9. The monoisotopic (exact) mass is 359 g/mol. The summed E-state index contributed by atoms with van der Waals surface area (Å²) in [6, 6.07) is 11.0. The quantitative estimate of drug-likeness (QED) is 0.802. The summed E-state index contributed by atoms with van der Waals surface area (Å²) in [5.41, 5.74) is 1.17. The van der Waals surface area contributed by atoms with E-state index < -0.39 is 0 Å². The van der Waals surface area contributed by atoms with Crippen molar-refractivity contribution in [1.29, 1.82) is 0 Å². The van der Waals surface area contributed by atoms with E-state index in [0.717, 1.165) is 11.0 Å². The van der Waals surface area contributed by atoms with E-state index in [-0.39, 0.29) is 0 Å². The molecule has 0 bridgehead atoms. The lowest BCUT2D eigenvalue weighted by Gasteiger charge is -2.11. The Morgan fingerprint density at radius 3 is 2.58 bits per heavy atom. The van der Waals surface area contributed by atoms with E-state index in [2.05, 4.69) is 21.2 Å². The first-order chi connectivity index (χ1) is 9.10. The Labute approximate surface area is 130 Å². The van der Waals surface area contributed by atoms with Gasteiger partial charge in [-0.15, -0.1) is 0 Å². The third-order valence-electron chi connectivity index (χ3n) is 2.49. The minimum atomic E-state index is 0.524. The first-order valence-electron chi connectivity index (χ1n) is 5.66. The van der Waals surface area contributed by atoms with Crippen LogP contribution in [0.25, 0.3) is 0 Å². The smallest absolute Gasteiger partial charge is 0.147 e. The van der Waals surface area contributed by atoms with Gasteiger partial charge in [-0.25, -0.2) is 0 Å². The van der Waals surface area contributed by atoms with Crippen LogP contribution < -0.4 is 10.1 Å². The molecule has 0 aliphatic rings. The van der Waals surface area contributed by atoms with Crippen LogP contribution in [0, 0.1) is 0 Å². The molecule has 1 N–H and O–H groups in total. The summed E-state index contributed by atoms with van der Waals surface area (Å²) in [4.78, 5) is 0. The summed E-state index contributed by atoms with van der Waals surface area (Å²) in [6.07, 6.45) is 0. The Hall–Kier alpha value is -0.740. The van der Waals surface area contributed by atoms with Gasteiger partial charge in [0.25, 0.3) is 0 Å². The van der Waals surface area contributed by atoms with E-state index in [1.54, 1.807) is 18.2 Å². The third-order valence-corrected chi connectivity index (χ3v) is 3.66. The number of hydrogen-bond donors (Lipinski definition) is 1. The van der Waals surface area contributed by atoms with Crippen molar-refractivity contribution in [3.8, 4) is 11.5 Å². The van der Waals surface area contributed by atoms with Crippen molar-refractivity contribution in [2.24, 2.45) is 0 Å². The molecule has 2 aromatic rings. The molecule has 0 atom stereocenters. The molecule has 5 heteroatoms. The van der Waals surface area contributed by atoms with Gasteiger partial charge >= 0.3 is 0 Å². The molecule has 0 saturated carbocycles. The molecule has 19 heavy (non-hydrogen) atoms. The van der Waals surface area contributed by atoms with E-state index in [1.807, 2.05) is 25.2 Å². The number of hydrogen-bond acceptors (Lipinski definition) is 2. The predicted octanol–water partition coefficient (Wildman–Crippen LogP) is 5.27. The maximum absolute atomic E-state index is 6.07. The van der Waals surface area contributed by atoms with E-state index in [4.69, 9.17) is 27.9 Å². The summed E-state index contributed by atoms with van der Waals surface area (Å²) < 4.78 is 6.64. The molecule has 100 valence electrons. The zero-order valence-corrected chi connectivity index (χ0v) is 13.3. The molecule has 2 rings (SSSR count). The summed E-state index contributed by atoms with van der Waals surface area (Å²) >= 11 is 15.5. The molecule has 0 radical (unpaired) electrons. The van der Waals surface area contributed by atoms with Crippen LogP contribution in [-0.4, -0.2) is 7.05 Å². The van der Waals surface area contributed by atoms with Crippen LogP contribution in [0.4, 0.5) is 0 Å².